The second-order valence-corrected chi connectivity index (χ2v) is 4.45. The van der Waals surface area contributed by atoms with Crippen molar-refractivity contribution in [3.8, 4) is 0 Å². The van der Waals surface area contributed by atoms with Gasteiger partial charge in [0.2, 0.25) is 0 Å². The number of hydrogen-bond acceptors (Lipinski definition) is 6. The first kappa shape index (κ1) is 12.1. The molecule has 94 valence electrons. The summed E-state index contributed by atoms with van der Waals surface area (Å²) in [5, 5.41) is 9.23. The Labute approximate surface area is 101 Å². The highest BCUT2D eigenvalue weighted by Crippen LogP contribution is 2.26. The summed E-state index contributed by atoms with van der Waals surface area (Å²) in [5.41, 5.74) is 3.53. The van der Waals surface area contributed by atoms with Crippen LogP contribution in [0.3, 0.4) is 0 Å². The van der Waals surface area contributed by atoms with E-state index in [4.69, 9.17) is 5.84 Å². The Morgan fingerprint density at radius 2 is 2.41 bits per heavy atom. The van der Waals surface area contributed by atoms with E-state index in [-0.39, 0.29) is 6.61 Å². The predicted molar refractivity (Wildman–Crippen MR) is 66.6 cm³/mol. The molecule has 0 bridgehead atoms. The maximum atomic E-state index is 9.23. The summed E-state index contributed by atoms with van der Waals surface area (Å²) in [6, 6.07) is 0. The number of aromatic nitrogens is 2. The van der Waals surface area contributed by atoms with Gasteiger partial charge in [-0.1, -0.05) is 0 Å². The Morgan fingerprint density at radius 3 is 3.12 bits per heavy atom. The standard InChI is InChI=1S/C11H19N5O/c1-8-10(15-12)13-7-14-11(8)16-4-2-3-9(5-16)6-17/h7,9,17H,2-6,12H2,1H3,(H,13,14,15). The minimum atomic E-state index is 0.239. The number of nitrogen functional groups attached to an aromatic ring is 1. The molecule has 0 aliphatic carbocycles. The van der Waals surface area contributed by atoms with Crippen LogP contribution in [0.2, 0.25) is 0 Å². The third kappa shape index (κ3) is 2.48. The van der Waals surface area contributed by atoms with Crippen LogP contribution >= 0.6 is 0 Å². The van der Waals surface area contributed by atoms with E-state index in [0.29, 0.717) is 11.7 Å². The molecule has 6 nitrogen and oxygen atoms in total. The summed E-state index contributed by atoms with van der Waals surface area (Å²) in [6.45, 7) is 4.01. The zero-order valence-electron chi connectivity index (χ0n) is 10.1. The van der Waals surface area contributed by atoms with Gasteiger partial charge in [-0.15, -0.1) is 0 Å². The Balaban J connectivity index is 2.21. The first-order valence-corrected chi connectivity index (χ1v) is 5.90. The van der Waals surface area contributed by atoms with E-state index in [1.54, 1.807) is 0 Å². The molecule has 1 unspecified atom stereocenters. The molecule has 2 heterocycles. The lowest BCUT2D eigenvalue weighted by Crippen LogP contribution is -2.37. The molecule has 0 aromatic carbocycles. The number of aliphatic hydroxyl groups excluding tert-OH is 1. The van der Waals surface area contributed by atoms with Gasteiger partial charge >= 0.3 is 0 Å². The van der Waals surface area contributed by atoms with Gasteiger partial charge in [0.15, 0.2) is 0 Å². The highest BCUT2D eigenvalue weighted by molar-refractivity contribution is 5.57. The van der Waals surface area contributed by atoms with E-state index in [9.17, 15) is 5.11 Å². The molecule has 0 spiro atoms. The highest BCUT2D eigenvalue weighted by Gasteiger charge is 2.22. The fourth-order valence-electron chi connectivity index (χ4n) is 2.31. The van der Waals surface area contributed by atoms with Crippen LogP contribution in [0, 0.1) is 12.8 Å². The quantitative estimate of drug-likeness (QED) is 0.517. The maximum absolute atomic E-state index is 9.23. The molecule has 0 amide bonds. The number of piperidine rings is 1. The monoisotopic (exact) mass is 237 g/mol. The Morgan fingerprint density at radius 1 is 1.59 bits per heavy atom. The van der Waals surface area contributed by atoms with Crippen LogP contribution in [0.25, 0.3) is 0 Å². The van der Waals surface area contributed by atoms with Crippen molar-refractivity contribution in [2.45, 2.75) is 19.8 Å². The SMILES string of the molecule is Cc1c(NN)ncnc1N1CCCC(CO)C1. The van der Waals surface area contributed by atoms with Gasteiger partial charge in [0.25, 0.3) is 0 Å². The summed E-state index contributed by atoms with van der Waals surface area (Å²) in [4.78, 5) is 10.6. The lowest BCUT2D eigenvalue weighted by molar-refractivity contribution is 0.208. The van der Waals surface area contributed by atoms with Crippen molar-refractivity contribution >= 4 is 11.6 Å². The number of hydrogen-bond donors (Lipinski definition) is 3. The molecule has 1 aliphatic rings. The topological polar surface area (TPSA) is 87.3 Å². The molecule has 1 fully saturated rings. The zero-order valence-corrected chi connectivity index (χ0v) is 10.1. The summed E-state index contributed by atoms with van der Waals surface area (Å²) in [6.07, 6.45) is 3.68. The molecule has 1 aliphatic heterocycles. The number of rotatable bonds is 3. The largest absolute Gasteiger partial charge is 0.396 e. The molecule has 1 aromatic rings. The van der Waals surface area contributed by atoms with Crippen molar-refractivity contribution in [3.63, 3.8) is 0 Å². The number of hydrazine groups is 1. The molecule has 6 heteroatoms. The highest BCUT2D eigenvalue weighted by atomic mass is 16.3. The van der Waals surface area contributed by atoms with Crippen molar-refractivity contribution in [1.82, 2.24) is 9.97 Å². The van der Waals surface area contributed by atoms with E-state index in [2.05, 4.69) is 20.3 Å². The van der Waals surface area contributed by atoms with E-state index >= 15 is 0 Å². The summed E-state index contributed by atoms with van der Waals surface area (Å²) >= 11 is 0. The van der Waals surface area contributed by atoms with Crippen molar-refractivity contribution in [2.75, 3.05) is 30.0 Å². The second-order valence-electron chi connectivity index (χ2n) is 4.45. The van der Waals surface area contributed by atoms with Gasteiger partial charge < -0.3 is 15.4 Å². The second kappa shape index (κ2) is 5.29. The Hall–Kier alpha value is -1.40. The molecule has 2 rings (SSSR count). The predicted octanol–water partition coefficient (Wildman–Crippen LogP) is 0.279. The number of nitrogens with one attached hydrogen (secondary N) is 1. The van der Waals surface area contributed by atoms with Gasteiger partial charge in [0.1, 0.15) is 18.0 Å². The van der Waals surface area contributed by atoms with Crippen LogP contribution in [-0.4, -0.2) is 34.8 Å². The number of aliphatic hydroxyl groups is 1. The van der Waals surface area contributed by atoms with Gasteiger partial charge in [-0.05, 0) is 25.7 Å². The molecule has 0 radical (unpaired) electrons. The first-order valence-electron chi connectivity index (χ1n) is 5.90. The van der Waals surface area contributed by atoms with Crippen LogP contribution in [0.1, 0.15) is 18.4 Å². The van der Waals surface area contributed by atoms with E-state index in [1.807, 2.05) is 6.92 Å². The number of anilines is 2. The van der Waals surface area contributed by atoms with Crippen LogP contribution in [0.4, 0.5) is 11.6 Å². The average Bonchev–Trinajstić information content (AvgIpc) is 2.39. The van der Waals surface area contributed by atoms with Crippen LogP contribution in [-0.2, 0) is 0 Å². The lowest BCUT2D eigenvalue weighted by Gasteiger charge is -2.33. The first-order chi connectivity index (χ1) is 8.26. The molecular formula is C11H19N5O. The van der Waals surface area contributed by atoms with Gasteiger partial charge in [-0.2, -0.15) is 0 Å². The van der Waals surface area contributed by atoms with Crippen LogP contribution in [0.5, 0.6) is 0 Å². The van der Waals surface area contributed by atoms with E-state index in [0.717, 1.165) is 37.3 Å². The molecule has 4 N–H and O–H groups in total. The lowest BCUT2D eigenvalue weighted by atomic mass is 9.99. The van der Waals surface area contributed by atoms with Gasteiger partial charge in [0.05, 0.1) is 0 Å². The normalized spacial score (nSPS) is 20.4. The van der Waals surface area contributed by atoms with Gasteiger partial charge in [-0.25, -0.2) is 15.8 Å². The van der Waals surface area contributed by atoms with Crippen molar-refractivity contribution in [3.05, 3.63) is 11.9 Å². The van der Waals surface area contributed by atoms with E-state index in [1.165, 1.54) is 6.33 Å². The smallest absolute Gasteiger partial charge is 0.148 e. The van der Waals surface area contributed by atoms with Gasteiger partial charge in [-0.3, -0.25) is 0 Å². The minimum absolute atomic E-state index is 0.239. The fraction of sp³-hybridized carbons (Fsp3) is 0.636. The minimum Gasteiger partial charge on any atom is -0.396 e. The Kier molecular flexibility index (Phi) is 3.75. The van der Waals surface area contributed by atoms with Gasteiger partial charge in [0, 0.05) is 25.3 Å². The van der Waals surface area contributed by atoms with E-state index < -0.39 is 0 Å². The molecular weight excluding hydrogens is 218 g/mol. The fourth-order valence-corrected chi connectivity index (χ4v) is 2.31. The Bertz CT molecular complexity index is 384. The summed E-state index contributed by atoms with van der Waals surface area (Å²) < 4.78 is 0. The van der Waals surface area contributed by atoms with Crippen molar-refractivity contribution < 1.29 is 5.11 Å². The molecule has 0 saturated carbocycles. The average molecular weight is 237 g/mol. The van der Waals surface area contributed by atoms with Crippen LogP contribution < -0.4 is 16.2 Å². The zero-order chi connectivity index (χ0) is 12.3. The maximum Gasteiger partial charge on any atom is 0.148 e. The molecule has 1 aromatic heterocycles. The summed E-state index contributed by atoms with van der Waals surface area (Å²) in [5.74, 6) is 7.31. The van der Waals surface area contributed by atoms with Crippen molar-refractivity contribution in [2.24, 2.45) is 11.8 Å². The third-order valence-electron chi connectivity index (χ3n) is 3.27. The number of nitrogens with two attached hydrogens (primary N) is 1. The molecule has 1 saturated heterocycles. The summed E-state index contributed by atoms with van der Waals surface area (Å²) in [7, 11) is 0. The molecule has 17 heavy (non-hydrogen) atoms. The number of nitrogens with zero attached hydrogens (tertiary/aromatic N) is 3. The molecule has 1 atom stereocenters. The van der Waals surface area contributed by atoms with Crippen molar-refractivity contribution in [1.29, 1.82) is 0 Å². The third-order valence-corrected chi connectivity index (χ3v) is 3.27. The van der Waals surface area contributed by atoms with Crippen LogP contribution in [0.15, 0.2) is 6.33 Å².